The van der Waals surface area contributed by atoms with E-state index in [4.69, 9.17) is 0 Å². The Balaban J connectivity index is 1.77. The van der Waals surface area contributed by atoms with Crippen molar-refractivity contribution in [3.05, 3.63) is 23.7 Å². The SMILES string of the molecule is CC(Nc1nccc2sccc12)C1CCCCC1. The van der Waals surface area contributed by atoms with Crippen LogP contribution in [0.5, 0.6) is 0 Å². The molecule has 0 bridgehead atoms. The zero-order valence-corrected chi connectivity index (χ0v) is 11.7. The molecule has 2 aromatic heterocycles. The third-order valence-electron chi connectivity index (χ3n) is 4.10. The molecule has 2 heterocycles. The van der Waals surface area contributed by atoms with Gasteiger partial charge in [-0.1, -0.05) is 19.3 Å². The zero-order valence-electron chi connectivity index (χ0n) is 10.9. The maximum Gasteiger partial charge on any atom is 0.134 e. The van der Waals surface area contributed by atoms with Crippen molar-refractivity contribution in [1.29, 1.82) is 0 Å². The Morgan fingerprint density at radius 2 is 2.11 bits per heavy atom. The smallest absolute Gasteiger partial charge is 0.134 e. The maximum absolute atomic E-state index is 4.51. The summed E-state index contributed by atoms with van der Waals surface area (Å²) in [5.41, 5.74) is 0. The van der Waals surface area contributed by atoms with Gasteiger partial charge in [-0.25, -0.2) is 4.98 Å². The third kappa shape index (κ3) is 2.37. The number of hydrogen-bond acceptors (Lipinski definition) is 3. The molecule has 0 aliphatic heterocycles. The van der Waals surface area contributed by atoms with Crippen LogP contribution in [-0.4, -0.2) is 11.0 Å². The van der Waals surface area contributed by atoms with Crippen molar-refractivity contribution in [1.82, 2.24) is 4.98 Å². The Morgan fingerprint density at radius 1 is 1.28 bits per heavy atom. The second-order valence-electron chi connectivity index (χ2n) is 5.32. The summed E-state index contributed by atoms with van der Waals surface area (Å²) in [6.45, 7) is 2.31. The number of rotatable bonds is 3. The molecule has 96 valence electrons. The molecule has 0 aromatic carbocycles. The van der Waals surface area contributed by atoms with Gasteiger partial charge in [-0.2, -0.15) is 0 Å². The largest absolute Gasteiger partial charge is 0.367 e. The van der Waals surface area contributed by atoms with Crippen LogP contribution in [-0.2, 0) is 0 Å². The van der Waals surface area contributed by atoms with Gasteiger partial charge in [0.2, 0.25) is 0 Å². The zero-order chi connectivity index (χ0) is 12.4. The van der Waals surface area contributed by atoms with Crippen molar-refractivity contribution in [2.24, 2.45) is 5.92 Å². The van der Waals surface area contributed by atoms with Crippen molar-refractivity contribution >= 4 is 27.2 Å². The molecule has 1 aliphatic carbocycles. The van der Waals surface area contributed by atoms with E-state index in [-0.39, 0.29) is 0 Å². The summed E-state index contributed by atoms with van der Waals surface area (Å²) in [4.78, 5) is 4.51. The lowest BCUT2D eigenvalue weighted by Crippen LogP contribution is -2.28. The molecule has 2 nitrogen and oxygen atoms in total. The fourth-order valence-corrected chi connectivity index (χ4v) is 3.76. The molecule has 1 atom stereocenters. The second kappa shape index (κ2) is 5.27. The molecule has 0 spiro atoms. The lowest BCUT2D eigenvalue weighted by Gasteiger charge is -2.28. The van der Waals surface area contributed by atoms with Crippen LogP contribution in [0, 0.1) is 5.92 Å². The van der Waals surface area contributed by atoms with Crippen molar-refractivity contribution in [3.8, 4) is 0 Å². The van der Waals surface area contributed by atoms with E-state index in [2.05, 4.69) is 34.7 Å². The van der Waals surface area contributed by atoms with E-state index in [1.165, 1.54) is 42.2 Å². The molecule has 18 heavy (non-hydrogen) atoms. The van der Waals surface area contributed by atoms with Gasteiger partial charge in [-0.15, -0.1) is 11.3 Å². The Hall–Kier alpha value is -1.09. The van der Waals surface area contributed by atoms with Crippen LogP contribution in [0.25, 0.3) is 10.1 Å². The molecule has 3 heteroatoms. The minimum atomic E-state index is 0.531. The van der Waals surface area contributed by atoms with Crippen molar-refractivity contribution < 1.29 is 0 Å². The molecular formula is C15H20N2S. The third-order valence-corrected chi connectivity index (χ3v) is 4.98. The Morgan fingerprint density at radius 3 is 2.94 bits per heavy atom. The van der Waals surface area contributed by atoms with Gasteiger partial charge in [0.1, 0.15) is 5.82 Å². The molecule has 1 N–H and O–H groups in total. The molecule has 3 rings (SSSR count). The predicted octanol–water partition coefficient (Wildman–Crippen LogP) is 4.68. The van der Waals surface area contributed by atoms with E-state index in [1.54, 1.807) is 11.3 Å². The molecule has 1 saturated carbocycles. The standard InChI is InChI=1S/C15H20N2S/c1-11(12-5-3-2-4-6-12)17-15-13-8-10-18-14(13)7-9-16-15/h7-12H,2-6H2,1H3,(H,16,17). The van der Waals surface area contributed by atoms with Gasteiger partial charge in [0.05, 0.1) is 0 Å². The Labute approximate surface area is 112 Å². The minimum absolute atomic E-state index is 0.531. The van der Waals surface area contributed by atoms with E-state index >= 15 is 0 Å². The highest BCUT2D eigenvalue weighted by molar-refractivity contribution is 7.17. The van der Waals surface area contributed by atoms with Gasteiger partial charge in [-0.3, -0.25) is 0 Å². The highest BCUT2D eigenvalue weighted by atomic mass is 32.1. The number of nitrogens with one attached hydrogen (secondary N) is 1. The Bertz CT molecular complexity index is 514. The van der Waals surface area contributed by atoms with Crippen LogP contribution in [0.15, 0.2) is 23.7 Å². The summed E-state index contributed by atoms with van der Waals surface area (Å²) in [6.07, 6.45) is 8.86. The number of aromatic nitrogens is 1. The number of thiophene rings is 1. The normalized spacial score (nSPS) is 18.9. The topological polar surface area (TPSA) is 24.9 Å². The first-order chi connectivity index (χ1) is 8.84. The summed E-state index contributed by atoms with van der Waals surface area (Å²) < 4.78 is 1.32. The van der Waals surface area contributed by atoms with Crippen LogP contribution in [0.4, 0.5) is 5.82 Å². The van der Waals surface area contributed by atoms with E-state index in [1.807, 2.05) is 6.20 Å². The van der Waals surface area contributed by atoms with Gasteiger partial charge < -0.3 is 5.32 Å². The van der Waals surface area contributed by atoms with Crippen LogP contribution in [0.3, 0.4) is 0 Å². The molecule has 1 fully saturated rings. The second-order valence-corrected chi connectivity index (χ2v) is 6.27. The molecular weight excluding hydrogens is 240 g/mol. The van der Waals surface area contributed by atoms with Crippen molar-refractivity contribution in [2.45, 2.75) is 45.1 Å². The van der Waals surface area contributed by atoms with Crippen molar-refractivity contribution in [2.75, 3.05) is 5.32 Å². The van der Waals surface area contributed by atoms with Gasteiger partial charge in [0.25, 0.3) is 0 Å². The highest BCUT2D eigenvalue weighted by Crippen LogP contribution is 2.30. The summed E-state index contributed by atoms with van der Waals surface area (Å²) in [6, 6.07) is 4.79. The minimum Gasteiger partial charge on any atom is -0.367 e. The van der Waals surface area contributed by atoms with E-state index in [0.717, 1.165) is 11.7 Å². The molecule has 1 aliphatic rings. The van der Waals surface area contributed by atoms with Gasteiger partial charge >= 0.3 is 0 Å². The van der Waals surface area contributed by atoms with Crippen LogP contribution in [0.1, 0.15) is 39.0 Å². The first-order valence-corrected chi connectivity index (χ1v) is 7.81. The quantitative estimate of drug-likeness (QED) is 0.867. The molecule has 0 radical (unpaired) electrons. The number of nitrogens with zero attached hydrogens (tertiary/aromatic N) is 1. The first-order valence-electron chi connectivity index (χ1n) is 6.93. The van der Waals surface area contributed by atoms with Crippen molar-refractivity contribution in [3.63, 3.8) is 0 Å². The fourth-order valence-electron chi connectivity index (χ4n) is 2.98. The lowest BCUT2D eigenvalue weighted by atomic mass is 9.84. The number of hydrogen-bond donors (Lipinski definition) is 1. The summed E-state index contributed by atoms with van der Waals surface area (Å²) in [5.74, 6) is 1.88. The number of anilines is 1. The monoisotopic (exact) mass is 260 g/mol. The first kappa shape index (κ1) is 12.0. The van der Waals surface area contributed by atoms with Crippen LogP contribution >= 0.6 is 11.3 Å². The maximum atomic E-state index is 4.51. The molecule has 0 saturated heterocycles. The van der Waals surface area contributed by atoms with E-state index in [0.29, 0.717) is 6.04 Å². The van der Waals surface area contributed by atoms with E-state index in [9.17, 15) is 0 Å². The molecule has 0 amide bonds. The Kier molecular flexibility index (Phi) is 3.50. The predicted molar refractivity (Wildman–Crippen MR) is 79.3 cm³/mol. The summed E-state index contributed by atoms with van der Waals surface area (Å²) in [5, 5.41) is 7.05. The molecule has 1 unspecified atom stereocenters. The van der Waals surface area contributed by atoms with Gasteiger partial charge in [0, 0.05) is 22.3 Å². The van der Waals surface area contributed by atoms with Gasteiger partial charge in [0.15, 0.2) is 0 Å². The van der Waals surface area contributed by atoms with Crippen LogP contribution in [0.2, 0.25) is 0 Å². The number of fused-ring (bicyclic) bond motifs is 1. The van der Waals surface area contributed by atoms with E-state index < -0.39 is 0 Å². The fraction of sp³-hybridized carbons (Fsp3) is 0.533. The summed E-state index contributed by atoms with van der Waals surface area (Å²) >= 11 is 1.78. The molecule has 2 aromatic rings. The summed E-state index contributed by atoms with van der Waals surface area (Å²) in [7, 11) is 0. The van der Waals surface area contributed by atoms with Crippen LogP contribution < -0.4 is 5.32 Å². The average Bonchev–Trinajstić information content (AvgIpc) is 2.89. The lowest BCUT2D eigenvalue weighted by molar-refractivity contribution is 0.328. The van der Waals surface area contributed by atoms with Gasteiger partial charge in [-0.05, 0) is 43.2 Å². The highest BCUT2D eigenvalue weighted by Gasteiger charge is 2.20. The number of pyridine rings is 1. The average molecular weight is 260 g/mol.